The average Bonchev–Trinajstić information content (AvgIpc) is 2.07. The van der Waals surface area contributed by atoms with Crippen LogP contribution >= 0.6 is 0 Å². The van der Waals surface area contributed by atoms with Crippen LogP contribution in [0.1, 0.15) is 33.1 Å². The molecule has 0 aromatic rings. The van der Waals surface area contributed by atoms with Crippen molar-refractivity contribution in [2.45, 2.75) is 39.2 Å². The quantitative estimate of drug-likeness (QED) is 0.685. The number of carboxylic acid groups (broad SMARTS) is 1. The van der Waals surface area contributed by atoms with Crippen molar-refractivity contribution in [3.05, 3.63) is 0 Å². The van der Waals surface area contributed by atoms with Gasteiger partial charge in [-0.1, -0.05) is 6.92 Å². The molecule has 1 fully saturated rings. The van der Waals surface area contributed by atoms with E-state index in [-0.39, 0.29) is 23.9 Å². The van der Waals surface area contributed by atoms with E-state index in [1.165, 1.54) is 6.92 Å². The summed E-state index contributed by atoms with van der Waals surface area (Å²) in [4.78, 5) is 21.5. The SMILES string of the molecule is CC(=O)OC1CC(C(=O)O)CC[C@H]1C. The predicted octanol–water partition coefficient (Wildman–Crippen LogP) is 1.44. The second-order valence-corrected chi connectivity index (χ2v) is 3.97. The van der Waals surface area contributed by atoms with Gasteiger partial charge in [-0.15, -0.1) is 0 Å². The van der Waals surface area contributed by atoms with E-state index in [4.69, 9.17) is 9.84 Å². The summed E-state index contributed by atoms with van der Waals surface area (Å²) in [6.45, 7) is 3.35. The number of carbonyl (C=O) groups is 2. The van der Waals surface area contributed by atoms with E-state index in [1.807, 2.05) is 6.92 Å². The van der Waals surface area contributed by atoms with E-state index in [9.17, 15) is 9.59 Å². The maximum Gasteiger partial charge on any atom is 0.306 e. The molecule has 14 heavy (non-hydrogen) atoms. The molecule has 1 saturated carbocycles. The van der Waals surface area contributed by atoms with Gasteiger partial charge >= 0.3 is 11.9 Å². The van der Waals surface area contributed by atoms with Crippen LogP contribution in [0.3, 0.4) is 0 Å². The van der Waals surface area contributed by atoms with Crippen molar-refractivity contribution >= 4 is 11.9 Å². The molecule has 1 rings (SSSR count). The highest BCUT2D eigenvalue weighted by molar-refractivity contribution is 5.70. The normalized spacial score (nSPS) is 32.3. The lowest BCUT2D eigenvalue weighted by Gasteiger charge is -2.31. The lowest BCUT2D eigenvalue weighted by atomic mass is 9.81. The van der Waals surface area contributed by atoms with Gasteiger partial charge in [-0.2, -0.15) is 0 Å². The molecule has 0 bridgehead atoms. The number of carboxylic acids is 1. The minimum atomic E-state index is -0.783. The van der Waals surface area contributed by atoms with E-state index in [2.05, 4.69) is 0 Å². The molecule has 0 heterocycles. The molecule has 4 heteroatoms. The van der Waals surface area contributed by atoms with Gasteiger partial charge < -0.3 is 9.84 Å². The monoisotopic (exact) mass is 200 g/mol. The Hall–Kier alpha value is -1.06. The standard InChI is InChI=1S/C10H16O4/c1-6-3-4-8(10(12)13)5-9(6)14-7(2)11/h6,8-9H,3-5H2,1-2H3,(H,12,13)/t6-,8?,9?/m1/s1. The third-order valence-electron chi connectivity index (χ3n) is 2.79. The molecule has 3 atom stereocenters. The number of hydrogen-bond acceptors (Lipinski definition) is 3. The first-order valence-corrected chi connectivity index (χ1v) is 4.90. The lowest BCUT2D eigenvalue weighted by Crippen LogP contribution is -2.34. The van der Waals surface area contributed by atoms with Gasteiger partial charge in [-0.3, -0.25) is 9.59 Å². The van der Waals surface area contributed by atoms with Gasteiger partial charge in [-0.25, -0.2) is 0 Å². The van der Waals surface area contributed by atoms with Gasteiger partial charge in [0.15, 0.2) is 0 Å². The van der Waals surface area contributed by atoms with Crippen LogP contribution in [-0.4, -0.2) is 23.1 Å². The fourth-order valence-electron chi connectivity index (χ4n) is 1.88. The van der Waals surface area contributed by atoms with Crippen LogP contribution < -0.4 is 0 Å². The highest BCUT2D eigenvalue weighted by atomic mass is 16.5. The third-order valence-corrected chi connectivity index (χ3v) is 2.79. The molecule has 0 aliphatic heterocycles. The molecule has 0 spiro atoms. The number of ether oxygens (including phenoxy) is 1. The molecule has 2 unspecified atom stereocenters. The molecule has 1 N–H and O–H groups in total. The molecule has 0 aromatic heterocycles. The van der Waals surface area contributed by atoms with Gasteiger partial charge in [-0.05, 0) is 25.2 Å². The van der Waals surface area contributed by atoms with Crippen LogP contribution in [0.5, 0.6) is 0 Å². The molecular formula is C10H16O4. The van der Waals surface area contributed by atoms with E-state index in [1.54, 1.807) is 0 Å². The Kier molecular flexibility index (Phi) is 3.49. The summed E-state index contributed by atoms with van der Waals surface area (Å²) >= 11 is 0. The first-order valence-electron chi connectivity index (χ1n) is 4.90. The molecule has 0 radical (unpaired) electrons. The molecule has 80 valence electrons. The highest BCUT2D eigenvalue weighted by Gasteiger charge is 2.33. The Balaban J connectivity index is 2.55. The van der Waals surface area contributed by atoms with Crippen LogP contribution in [0, 0.1) is 11.8 Å². The predicted molar refractivity (Wildman–Crippen MR) is 49.7 cm³/mol. The van der Waals surface area contributed by atoms with Crippen LogP contribution in [-0.2, 0) is 14.3 Å². The maximum absolute atomic E-state index is 10.8. The first kappa shape index (κ1) is 11.0. The molecule has 0 aromatic carbocycles. The Morgan fingerprint density at radius 3 is 2.50 bits per heavy atom. The Morgan fingerprint density at radius 2 is 2.00 bits per heavy atom. The molecule has 4 nitrogen and oxygen atoms in total. The summed E-state index contributed by atoms with van der Waals surface area (Å²) < 4.78 is 5.08. The van der Waals surface area contributed by atoms with Crippen molar-refractivity contribution < 1.29 is 19.4 Å². The van der Waals surface area contributed by atoms with E-state index in [0.29, 0.717) is 12.8 Å². The third kappa shape index (κ3) is 2.72. The summed E-state index contributed by atoms with van der Waals surface area (Å²) in [5.41, 5.74) is 0. The number of rotatable bonds is 2. The van der Waals surface area contributed by atoms with Crippen LogP contribution in [0.15, 0.2) is 0 Å². The Bertz CT molecular complexity index is 236. The zero-order valence-electron chi connectivity index (χ0n) is 8.53. The lowest BCUT2D eigenvalue weighted by molar-refractivity contribution is -0.157. The second-order valence-electron chi connectivity index (χ2n) is 3.97. The van der Waals surface area contributed by atoms with Crippen molar-refractivity contribution in [1.82, 2.24) is 0 Å². The van der Waals surface area contributed by atoms with Gasteiger partial charge in [0.1, 0.15) is 6.10 Å². The zero-order valence-corrected chi connectivity index (χ0v) is 8.53. The smallest absolute Gasteiger partial charge is 0.306 e. The summed E-state index contributed by atoms with van der Waals surface area (Å²) in [7, 11) is 0. The van der Waals surface area contributed by atoms with Gasteiger partial charge in [0.05, 0.1) is 5.92 Å². The fourth-order valence-corrected chi connectivity index (χ4v) is 1.88. The topological polar surface area (TPSA) is 63.6 Å². The molecule has 1 aliphatic carbocycles. The molecule has 0 saturated heterocycles. The van der Waals surface area contributed by atoms with Crippen molar-refractivity contribution in [1.29, 1.82) is 0 Å². The van der Waals surface area contributed by atoms with Crippen LogP contribution in [0.25, 0.3) is 0 Å². The Labute approximate surface area is 83.2 Å². The molecule has 0 amide bonds. The fraction of sp³-hybridized carbons (Fsp3) is 0.800. The Morgan fingerprint density at radius 1 is 1.36 bits per heavy atom. The molecule has 1 aliphatic rings. The minimum absolute atomic E-state index is 0.220. The van der Waals surface area contributed by atoms with Crippen molar-refractivity contribution in [2.24, 2.45) is 11.8 Å². The van der Waals surface area contributed by atoms with Crippen molar-refractivity contribution in [3.8, 4) is 0 Å². The average molecular weight is 200 g/mol. The van der Waals surface area contributed by atoms with Gasteiger partial charge in [0.25, 0.3) is 0 Å². The van der Waals surface area contributed by atoms with Crippen LogP contribution in [0.2, 0.25) is 0 Å². The van der Waals surface area contributed by atoms with Crippen molar-refractivity contribution in [3.63, 3.8) is 0 Å². The van der Waals surface area contributed by atoms with Crippen LogP contribution in [0.4, 0.5) is 0 Å². The molecular weight excluding hydrogens is 184 g/mol. The highest BCUT2D eigenvalue weighted by Crippen LogP contribution is 2.31. The van der Waals surface area contributed by atoms with Gasteiger partial charge in [0, 0.05) is 6.92 Å². The number of carbonyl (C=O) groups excluding carboxylic acids is 1. The maximum atomic E-state index is 10.8. The summed E-state index contributed by atoms with van der Waals surface area (Å²) in [5, 5.41) is 8.84. The largest absolute Gasteiger partial charge is 0.481 e. The minimum Gasteiger partial charge on any atom is -0.481 e. The van der Waals surface area contributed by atoms with Crippen molar-refractivity contribution in [2.75, 3.05) is 0 Å². The number of aliphatic carboxylic acids is 1. The number of hydrogen-bond donors (Lipinski definition) is 1. The summed E-state index contributed by atoms with van der Waals surface area (Å²) in [5.74, 6) is -1.19. The van der Waals surface area contributed by atoms with Gasteiger partial charge in [0.2, 0.25) is 0 Å². The summed E-state index contributed by atoms with van der Waals surface area (Å²) in [6.07, 6.45) is 1.74. The van der Waals surface area contributed by atoms with E-state index >= 15 is 0 Å². The van der Waals surface area contributed by atoms with E-state index in [0.717, 1.165) is 6.42 Å². The zero-order chi connectivity index (χ0) is 10.7. The first-order chi connectivity index (χ1) is 6.50. The number of esters is 1. The van der Waals surface area contributed by atoms with E-state index < -0.39 is 5.97 Å². The summed E-state index contributed by atoms with van der Waals surface area (Å²) in [6, 6.07) is 0. The second kappa shape index (κ2) is 4.44.